The molecule has 0 heteroatoms. The van der Waals surface area contributed by atoms with E-state index < -0.39 is 0 Å². The van der Waals surface area contributed by atoms with Gasteiger partial charge in [0.2, 0.25) is 0 Å². The van der Waals surface area contributed by atoms with Gasteiger partial charge in [-0.25, -0.2) is 0 Å². The molecule has 0 aliphatic heterocycles. The average molecular weight is 320 g/mol. The monoisotopic (exact) mass is 320 g/mol. The molecule has 0 spiro atoms. The van der Waals surface area contributed by atoms with E-state index in [4.69, 9.17) is 0 Å². The molecule has 5 rings (SSSR count). The summed E-state index contributed by atoms with van der Waals surface area (Å²) in [6, 6.07) is 33.2. The second-order valence-corrected chi connectivity index (χ2v) is 6.94. The molecule has 1 aliphatic carbocycles. The Bertz CT molecular complexity index is 1030. The van der Waals surface area contributed by atoms with E-state index >= 15 is 0 Å². The normalized spacial score (nSPS) is 16.1. The lowest BCUT2D eigenvalue weighted by atomic mass is 9.88. The zero-order valence-corrected chi connectivity index (χ0v) is 14.2. The van der Waals surface area contributed by atoms with E-state index in [0.29, 0.717) is 5.92 Å². The molecule has 1 atom stereocenters. The highest BCUT2D eigenvalue weighted by Gasteiger charge is 2.25. The number of hydrogen-bond donors (Lipinski definition) is 0. The zero-order chi connectivity index (χ0) is 16.6. The molecule has 0 aromatic heterocycles. The third-order valence-corrected chi connectivity index (χ3v) is 5.53. The molecule has 0 radical (unpaired) electrons. The Labute approximate surface area is 148 Å². The highest BCUT2D eigenvalue weighted by Crippen LogP contribution is 2.42. The van der Waals surface area contributed by atoms with Crippen LogP contribution in [0.2, 0.25) is 0 Å². The number of rotatable bonds is 2. The van der Waals surface area contributed by atoms with Crippen molar-refractivity contribution in [3.05, 3.63) is 108 Å². The summed E-state index contributed by atoms with van der Waals surface area (Å²) in [5.41, 5.74) is 7.09. The van der Waals surface area contributed by atoms with Crippen molar-refractivity contribution < 1.29 is 0 Å². The molecule has 1 unspecified atom stereocenters. The third-order valence-electron chi connectivity index (χ3n) is 5.53. The first-order chi connectivity index (χ1) is 12.4. The van der Waals surface area contributed by atoms with Crippen molar-refractivity contribution in [2.45, 2.75) is 18.8 Å². The topological polar surface area (TPSA) is 0 Å². The van der Waals surface area contributed by atoms with Gasteiger partial charge in [-0.2, -0.15) is 0 Å². The Kier molecular flexibility index (Phi) is 3.41. The quantitative estimate of drug-likeness (QED) is 0.391. The lowest BCUT2D eigenvalue weighted by molar-refractivity contribution is 0.791. The van der Waals surface area contributed by atoms with Crippen LogP contribution in [0, 0.1) is 0 Å². The molecular weight excluding hydrogens is 300 g/mol. The average Bonchev–Trinajstić information content (AvgIpc) is 3.13. The van der Waals surface area contributed by atoms with Gasteiger partial charge in [0.05, 0.1) is 0 Å². The van der Waals surface area contributed by atoms with Crippen molar-refractivity contribution in [1.29, 1.82) is 0 Å². The van der Waals surface area contributed by atoms with Gasteiger partial charge in [0.1, 0.15) is 0 Å². The Morgan fingerprint density at radius 1 is 0.600 bits per heavy atom. The van der Waals surface area contributed by atoms with Crippen molar-refractivity contribution in [3.8, 4) is 11.1 Å². The van der Waals surface area contributed by atoms with Crippen LogP contribution >= 0.6 is 0 Å². The lowest BCUT2D eigenvalue weighted by Gasteiger charge is -2.15. The highest BCUT2D eigenvalue weighted by atomic mass is 14.3. The largest absolute Gasteiger partial charge is 0.0622 e. The fourth-order valence-corrected chi connectivity index (χ4v) is 4.29. The van der Waals surface area contributed by atoms with E-state index in [-0.39, 0.29) is 0 Å². The molecule has 0 saturated heterocycles. The minimum absolute atomic E-state index is 0.519. The minimum Gasteiger partial charge on any atom is -0.0622 e. The first-order valence-corrected chi connectivity index (χ1v) is 9.06. The van der Waals surface area contributed by atoms with Crippen LogP contribution in [0.4, 0.5) is 0 Å². The maximum absolute atomic E-state index is 2.33. The molecule has 0 amide bonds. The van der Waals surface area contributed by atoms with Crippen LogP contribution in [0.15, 0.2) is 91.0 Å². The van der Waals surface area contributed by atoms with Gasteiger partial charge in [0.15, 0.2) is 0 Å². The van der Waals surface area contributed by atoms with Crippen LogP contribution in [0.1, 0.15) is 29.0 Å². The molecule has 4 aromatic carbocycles. The van der Waals surface area contributed by atoms with E-state index in [1.54, 1.807) is 5.56 Å². The summed E-state index contributed by atoms with van der Waals surface area (Å²) in [7, 11) is 0. The summed E-state index contributed by atoms with van der Waals surface area (Å²) in [6.07, 6.45) is 2.40. The van der Waals surface area contributed by atoms with Crippen LogP contribution in [0.5, 0.6) is 0 Å². The van der Waals surface area contributed by atoms with Gasteiger partial charge in [-0.3, -0.25) is 0 Å². The maximum Gasteiger partial charge on any atom is 0.0101 e. The van der Waals surface area contributed by atoms with Crippen molar-refractivity contribution in [2.24, 2.45) is 0 Å². The van der Waals surface area contributed by atoms with Crippen LogP contribution in [-0.4, -0.2) is 0 Å². The van der Waals surface area contributed by atoms with Crippen LogP contribution in [-0.2, 0) is 6.42 Å². The number of aryl methyl sites for hydroxylation is 1. The van der Waals surface area contributed by atoms with Crippen molar-refractivity contribution >= 4 is 10.8 Å². The summed E-state index contributed by atoms with van der Waals surface area (Å²) in [4.78, 5) is 0. The molecule has 1 aliphatic rings. The molecule has 0 heterocycles. The molecule has 0 N–H and O–H groups in total. The van der Waals surface area contributed by atoms with Gasteiger partial charge in [-0.05, 0) is 51.4 Å². The molecular formula is C25H20. The van der Waals surface area contributed by atoms with E-state index in [1.807, 2.05) is 0 Å². The lowest BCUT2D eigenvalue weighted by Crippen LogP contribution is -1.97. The molecule has 0 bridgehead atoms. The predicted molar refractivity (Wildman–Crippen MR) is 106 cm³/mol. The van der Waals surface area contributed by atoms with E-state index in [2.05, 4.69) is 91.0 Å². The van der Waals surface area contributed by atoms with Crippen molar-refractivity contribution in [1.82, 2.24) is 0 Å². The first-order valence-electron chi connectivity index (χ1n) is 9.06. The van der Waals surface area contributed by atoms with Crippen molar-refractivity contribution in [2.75, 3.05) is 0 Å². The molecule has 4 aromatic rings. The van der Waals surface area contributed by atoms with Gasteiger partial charge < -0.3 is 0 Å². The smallest absolute Gasteiger partial charge is 0.0101 e. The molecule has 0 nitrogen and oxygen atoms in total. The van der Waals surface area contributed by atoms with E-state index in [9.17, 15) is 0 Å². The van der Waals surface area contributed by atoms with Crippen LogP contribution in [0.3, 0.4) is 0 Å². The minimum atomic E-state index is 0.519. The van der Waals surface area contributed by atoms with Crippen LogP contribution in [0.25, 0.3) is 21.9 Å². The van der Waals surface area contributed by atoms with Gasteiger partial charge in [0, 0.05) is 5.92 Å². The fraction of sp³-hybridized carbons (Fsp3) is 0.120. The Morgan fingerprint density at radius 3 is 2.16 bits per heavy atom. The summed E-state index contributed by atoms with van der Waals surface area (Å²) < 4.78 is 0. The Hall–Kier alpha value is -2.86. The first kappa shape index (κ1) is 14.5. The van der Waals surface area contributed by atoms with Gasteiger partial charge >= 0.3 is 0 Å². The summed E-state index contributed by atoms with van der Waals surface area (Å²) in [5, 5.41) is 2.78. The number of hydrogen-bond acceptors (Lipinski definition) is 0. The standard InChI is InChI=1S/C25H20/c1-2-6-18(7-3-1)19-10-12-21(13-11-19)24-17-16-22-15-14-20-8-4-5-9-23(20)25(22)24/h1-15,24H,16-17H2. The Morgan fingerprint density at radius 2 is 1.32 bits per heavy atom. The second-order valence-electron chi connectivity index (χ2n) is 6.94. The second kappa shape index (κ2) is 5.89. The van der Waals surface area contributed by atoms with E-state index in [1.165, 1.54) is 45.9 Å². The van der Waals surface area contributed by atoms with Crippen molar-refractivity contribution in [3.63, 3.8) is 0 Å². The SMILES string of the molecule is c1ccc(-c2ccc(C3CCc4ccc5ccccc5c43)cc2)cc1. The highest BCUT2D eigenvalue weighted by molar-refractivity contribution is 5.88. The molecule has 0 fully saturated rings. The summed E-state index contributed by atoms with van der Waals surface area (Å²) in [6.45, 7) is 0. The molecule has 25 heavy (non-hydrogen) atoms. The predicted octanol–water partition coefficient (Wildman–Crippen LogP) is 6.58. The summed E-state index contributed by atoms with van der Waals surface area (Å²) >= 11 is 0. The number of fused-ring (bicyclic) bond motifs is 3. The Balaban J connectivity index is 1.57. The number of benzene rings is 4. The van der Waals surface area contributed by atoms with Crippen LogP contribution < -0.4 is 0 Å². The zero-order valence-electron chi connectivity index (χ0n) is 14.2. The molecule has 0 saturated carbocycles. The van der Waals surface area contributed by atoms with Gasteiger partial charge in [-0.15, -0.1) is 0 Å². The summed E-state index contributed by atoms with van der Waals surface area (Å²) in [5.74, 6) is 0.519. The third kappa shape index (κ3) is 2.46. The fourth-order valence-electron chi connectivity index (χ4n) is 4.29. The van der Waals surface area contributed by atoms with Gasteiger partial charge in [-0.1, -0.05) is 91.0 Å². The molecule has 120 valence electrons. The maximum atomic E-state index is 2.33. The van der Waals surface area contributed by atoms with E-state index in [0.717, 1.165) is 0 Å². The van der Waals surface area contributed by atoms with Gasteiger partial charge in [0.25, 0.3) is 0 Å².